The van der Waals surface area contributed by atoms with E-state index in [4.69, 9.17) is 4.74 Å². The molecule has 4 rings (SSSR count). The van der Waals surface area contributed by atoms with E-state index in [1.165, 1.54) is 42.3 Å². The van der Waals surface area contributed by atoms with E-state index in [-0.39, 0.29) is 40.9 Å². The minimum atomic E-state index is -4.31. The van der Waals surface area contributed by atoms with Gasteiger partial charge in [-0.05, 0) is 62.2 Å². The molecule has 2 amide bonds. The summed E-state index contributed by atoms with van der Waals surface area (Å²) in [6.45, 7) is 4.47. The molecule has 0 aliphatic heterocycles. The summed E-state index contributed by atoms with van der Waals surface area (Å²) in [6, 6.07) is 26.7. The van der Waals surface area contributed by atoms with Crippen LogP contribution < -0.4 is 14.4 Å². The predicted molar refractivity (Wildman–Crippen MR) is 173 cm³/mol. The second-order valence-corrected chi connectivity index (χ2v) is 12.8. The molecule has 0 heterocycles. The van der Waals surface area contributed by atoms with E-state index in [0.29, 0.717) is 0 Å². The number of aryl methyl sites for hydroxylation is 1. The van der Waals surface area contributed by atoms with Crippen molar-refractivity contribution in [3.05, 3.63) is 126 Å². The molecule has 1 N–H and O–H groups in total. The SMILES string of the molecule is COc1ccc(C)cc1N(CC(=O)N(Cc1ccccc1F)C(Cc1ccccc1)C(=O)NC(C)C)S(=O)(=O)c1ccccc1. The summed E-state index contributed by atoms with van der Waals surface area (Å²) in [4.78, 5) is 29.5. The van der Waals surface area contributed by atoms with Crippen molar-refractivity contribution in [2.45, 2.75) is 50.7 Å². The van der Waals surface area contributed by atoms with Gasteiger partial charge in [-0.15, -0.1) is 0 Å². The molecular weight excluding hydrogens is 593 g/mol. The molecule has 236 valence electrons. The molecule has 0 bridgehead atoms. The fraction of sp³-hybridized carbons (Fsp3) is 0.257. The van der Waals surface area contributed by atoms with Crippen molar-refractivity contribution < 1.29 is 27.1 Å². The normalized spacial score (nSPS) is 12.0. The van der Waals surface area contributed by atoms with Crippen molar-refractivity contribution in [1.82, 2.24) is 10.2 Å². The first-order valence-electron chi connectivity index (χ1n) is 14.6. The minimum absolute atomic E-state index is 0.0274. The number of nitrogens with zero attached hydrogens (tertiary/aromatic N) is 2. The van der Waals surface area contributed by atoms with Crippen LogP contribution in [-0.4, -0.2) is 50.9 Å². The molecule has 0 saturated heterocycles. The van der Waals surface area contributed by atoms with E-state index in [1.807, 2.05) is 30.3 Å². The highest BCUT2D eigenvalue weighted by molar-refractivity contribution is 7.92. The first-order chi connectivity index (χ1) is 21.5. The van der Waals surface area contributed by atoms with Crippen molar-refractivity contribution in [1.29, 1.82) is 0 Å². The fourth-order valence-corrected chi connectivity index (χ4v) is 6.41. The van der Waals surface area contributed by atoms with Gasteiger partial charge in [0.1, 0.15) is 24.2 Å². The quantitative estimate of drug-likeness (QED) is 0.210. The Labute approximate surface area is 264 Å². The average Bonchev–Trinajstić information content (AvgIpc) is 3.02. The third-order valence-corrected chi connectivity index (χ3v) is 8.99. The largest absolute Gasteiger partial charge is 0.495 e. The molecule has 0 spiro atoms. The lowest BCUT2D eigenvalue weighted by molar-refractivity contribution is -0.140. The Morgan fingerprint density at radius 2 is 1.51 bits per heavy atom. The van der Waals surface area contributed by atoms with Gasteiger partial charge in [0.2, 0.25) is 11.8 Å². The molecule has 8 nitrogen and oxygen atoms in total. The lowest BCUT2D eigenvalue weighted by Gasteiger charge is -2.34. The highest BCUT2D eigenvalue weighted by atomic mass is 32.2. The van der Waals surface area contributed by atoms with Crippen molar-refractivity contribution >= 4 is 27.5 Å². The molecule has 4 aromatic rings. The van der Waals surface area contributed by atoms with Gasteiger partial charge >= 0.3 is 0 Å². The van der Waals surface area contributed by atoms with Gasteiger partial charge in [-0.3, -0.25) is 13.9 Å². The molecule has 0 saturated carbocycles. The number of anilines is 1. The topological polar surface area (TPSA) is 96.0 Å². The van der Waals surface area contributed by atoms with E-state index >= 15 is 4.39 Å². The molecule has 45 heavy (non-hydrogen) atoms. The van der Waals surface area contributed by atoms with Crippen LogP contribution in [0.15, 0.2) is 108 Å². The summed E-state index contributed by atoms with van der Waals surface area (Å²) in [5.41, 5.74) is 1.87. The van der Waals surface area contributed by atoms with Crippen molar-refractivity contribution in [2.24, 2.45) is 0 Å². The van der Waals surface area contributed by atoms with Gasteiger partial charge in [0.25, 0.3) is 10.0 Å². The fourth-order valence-electron chi connectivity index (χ4n) is 4.97. The Hall–Kier alpha value is -4.70. The Morgan fingerprint density at radius 1 is 0.889 bits per heavy atom. The number of rotatable bonds is 13. The molecule has 4 aromatic carbocycles. The summed E-state index contributed by atoms with van der Waals surface area (Å²) in [5.74, 6) is -1.44. The monoisotopic (exact) mass is 631 g/mol. The highest BCUT2D eigenvalue weighted by Crippen LogP contribution is 2.34. The van der Waals surface area contributed by atoms with Crippen LogP contribution in [0.4, 0.5) is 10.1 Å². The lowest BCUT2D eigenvalue weighted by atomic mass is 10.0. The zero-order valence-corrected chi connectivity index (χ0v) is 26.6. The second kappa shape index (κ2) is 14.9. The molecule has 0 aromatic heterocycles. The zero-order chi connectivity index (χ0) is 32.6. The second-order valence-electron chi connectivity index (χ2n) is 11.0. The molecule has 0 fully saturated rings. The predicted octanol–water partition coefficient (Wildman–Crippen LogP) is 5.50. The van der Waals surface area contributed by atoms with Crippen LogP contribution in [0, 0.1) is 12.7 Å². The summed E-state index contributed by atoms with van der Waals surface area (Å²) in [6.07, 6.45) is 0.124. The number of halogens is 1. The lowest BCUT2D eigenvalue weighted by Crippen LogP contribution is -2.54. The first-order valence-corrected chi connectivity index (χ1v) is 16.0. The minimum Gasteiger partial charge on any atom is -0.495 e. The van der Waals surface area contributed by atoms with Gasteiger partial charge in [0, 0.05) is 24.6 Å². The average molecular weight is 632 g/mol. The van der Waals surface area contributed by atoms with E-state index in [1.54, 1.807) is 63.2 Å². The van der Waals surface area contributed by atoms with Crippen LogP contribution in [0.1, 0.15) is 30.5 Å². The number of methoxy groups -OCH3 is 1. The summed E-state index contributed by atoms with van der Waals surface area (Å²) in [5, 5.41) is 2.89. The van der Waals surface area contributed by atoms with Gasteiger partial charge in [-0.1, -0.05) is 72.8 Å². The van der Waals surface area contributed by atoms with Crippen molar-refractivity contribution in [2.75, 3.05) is 18.0 Å². The molecule has 0 radical (unpaired) electrons. The molecule has 1 unspecified atom stereocenters. The number of hydrogen-bond acceptors (Lipinski definition) is 5. The first kappa shape index (κ1) is 33.2. The number of ether oxygens (including phenoxy) is 1. The van der Waals surface area contributed by atoms with Gasteiger partial charge in [0.15, 0.2) is 0 Å². The number of nitrogens with one attached hydrogen (secondary N) is 1. The third kappa shape index (κ3) is 8.27. The van der Waals surface area contributed by atoms with Crippen LogP contribution in [0.3, 0.4) is 0 Å². The number of benzene rings is 4. The zero-order valence-electron chi connectivity index (χ0n) is 25.8. The van der Waals surface area contributed by atoms with Crippen molar-refractivity contribution in [3.8, 4) is 5.75 Å². The maximum atomic E-state index is 15.0. The smallest absolute Gasteiger partial charge is 0.264 e. The van der Waals surface area contributed by atoms with Gasteiger partial charge in [-0.25, -0.2) is 12.8 Å². The number of sulfonamides is 1. The number of carbonyl (C=O) groups is 2. The molecule has 1 atom stereocenters. The van der Waals surface area contributed by atoms with Crippen molar-refractivity contribution in [3.63, 3.8) is 0 Å². The van der Waals surface area contributed by atoms with E-state index in [0.717, 1.165) is 15.4 Å². The number of amides is 2. The maximum Gasteiger partial charge on any atom is 0.264 e. The molecule has 0 aliphatic rings. The Morgan fingerprint density at radius 3 is 2.13 bits per heavy atom. The van der Waals surface area contributed by atoms with E-state index in [9.17, 15) is 18.0 Å². The summed E-state index contributed by atoms with van der Waals surface area (Å²) < 4.78 is 49.9. The maximum absolute atomic E-state index is 15.0. The summed E-state index contributed by atoms with van der Waals surface area (Å²) in [7, 11) is -2.89. The van der Waals surface area contributed by atoms with Gasteiger partial charge < -0.3 is 15.0 Å². The van der Waals surface area contributed by atoms with E-state index in [2.05, 4.69) is 5.32 Å². The number of carbonyl (C=O) groups excluding carboxylic acids is 2. The van der Waals surface area contributed by atoms with Crippen LogP contribution in [0.5, 0.6) is 5.75 Å². The number of hydrogen-bond donors (Lipinski definition) is 1. The standard InChI is InChI=1S/C35H38FN3O5S/c1-25(2)37-35(41)32(22-27-13-7-5-8-14-27)38(23-28-15-11-12-18-30(28)36)34(40)24-39(31-21-26(3)19-20-33(31)44-4)45(42,43)29-16-9-6-10-17-29/h5-21,25,32H,22-24H2,1-4H3,(H,37,41). The summed E-state index contributed by atoms with van der Waals surface area (Å²) >= 11 is 0. The van der Waals surface area contributed by atoms with E-state index < -0.39 is 40.2 Å². The van der Waals surface area contributed by atoms with Crippen LogP contribution >= 0.6 is 0 Å². The molecular formula is C35H38FN3O5S. The van der Waals surface area contributed by atoms with Gasteiger partial charge in [0.05, 0.1) is 17.7 Å². The Balaban J connectivity index is 1.86. The molecule has 10 heteroatoms. The third-order valence-electron chi connectivity index (χ3n) is 7.21. The van der Waals surface area contributed by atoms with Crippen LogP contribution in [-0.2, 0) is 32.6 Å². The van der Waals surface area contributed by atoms with Crippen LogP contribution in [0.25, 0.3) is 0 Å². The van der Waals surface area contributed by atoms with Crippen LogP contribution in [0.2, 0.25) is 0 Å². The Bertz CT molecular complexity index is 1720. The molecule has 0 aliphatic carbocycles. The highest BCUT2D eigenvalue weighted by Gasteiger charge is 2.36. The Kier molecular flexibility index (Phi) is 11.0. The van der Waals surface area contributed by atoms with Gasteiger partial charge in [-0.2, -0.15) is 0 Å².